The Balaban J connectivity index is 2.42. The fraction of sp³-hybridized carbons (Fsp3) is 0.154. The van der Waals surface area contributed by atoms with Gasteiger partial charge in [-0.3, -0.25) is 0 Å². The molecule has 0 amide bonds. The van der Waals surface area contributed by atoms with Crippen molar-refractivity contribution in [1.29, 1.82) is 5.26 Å². The van der Waals surface area contributed by atoms with Crippen LogP contribution in [0.25, 0.3) is 5.57 Å². The Morgan fingerprint density at radius 3 is 2.53 bits per heavy atom. The first-order chi connectivity index (χ1) is 7.20. The molecule has 0 heterocycles. The van der Waals surface area contributed by atoms with Crippen LogP contribution in [-0.2, 0) is 0 Å². The summed E-state index contributed by atoms with van der Waals surface area (Å²) in [6, 6.07) is 9.85. The van der Waals surface area contributed by atoms with Gasteiger partial charge in [-0.05, 0) is 42.7 Å². The number of benzene rings is 1. The molecule has 1 aliphatic carbocycles. The van der Waals surface area contributed by atoms with Gasteiger partial charge in [-0.1, -0.05) is 29.3 Å². The molecule has 0 saturated carbocycles. The van der Waals surface area contributed by atoms with E-state index in [2.05, 4.69) is 6.07 Å². The molecular weight excluding hydrogens is 206 g/mol. The van der Waals surface area contributed by atoms with Crippen molar-refractivity contribution in [2.45, 2.75) is 13.3 Å². The summed E-state index contributed by atoms with van der Waals surface area (Å²) in [7, 11) is 0. The van der Waals surface area contributed by atoms with E-state index in [0.717, 1.165) is 28.2 Å². The average molecular weight is 216 g/mol. The normalized spacial score (nSPS) is 15.1. The summed E-state index contributed by atoms with van der Waals surface area (Å²) in [5, 5.41) is 9.71. The zero-order valence-corrected chi connectivity index (χ0v) is 9.17. The molecule has 74 valence electrons. The molecule has 1 aromatic rings. The molecule has 0 saturated heterocycles. The molecule has 1 aromatic carbocycles. The van der Waals surface area contributed by atoms with E-state index in [4.69, 9.17) is 16.9 Å². The quantitative estimate of drug-likeness (QED) is 0.696. The van der Waals surface area contributed by atoms with E-state index in [-0.39, 0.29) is 0 Å². The largest absolute Gasteiger partial charge is 0.192 e. The lowest BCUT2D eigenvalue weighted by Crippen LogP contribution is -1.84. The highest BCUT2D eigenvalue weighted by Crippen LogP contribution is 2.32. The lowest BCUT2D eigenvalue weighted by Gasteiger charge is -2.03. The molecule has 0 fully saturated rings. The fourth-order valence-electron chi connectivity index (χ4n) is 1.77. The molecule has 0 aromatic heterocycles. The van der Waals surface area contributed by atoms with Gasteiger partial charge in [0.25, 0.3) is 0 Å². The highest BCUT2D eigenvalue weighted by molar-refractivity contribution is 6.30. The van der Waals surface area contributed by atoms with Gasteiger partial charge in [0.15, 0.2) is 0 Å². The molecule has 0 spiro atoms. The van der Waals surface area contributed by atoms with Crippen LogP contribution in [0.15, 0.2) is 41.5 Å². The summed E-state index contributed by atoms with van der Waals surface area (Å²) in [5.74, 6) is 0. The summed E-state index contributed by atoms with van der Waals surface area (Å²) in [6.07, 6.45) is 2.81. The average Bonchev–Trinajstić information content (AvgIpc) is 2.61. The Morgan fingerprint density at radius 1 is 1.27 bits per heavy atom. The molecule has 0 aliphatic heterocycles. The molecule has 0 unspecified atom stereocenters. The van der Waals surface area contributed by atoms with Gasteiger partial charge in [0.2, 0.25) is 0 Å². The van der Waals surface area contributed by atoms with Crippen LogP contribution < -0.4 is 0 Å². The molecule has 0 N–H and O–H groups in total. The van der Waals surface area contributed by atoms with E-state index >= 15 is 0 Å². The first kappa shape index (κ1) is 10.0. The second-order valence-corrected chi connectivity index (χ2v) is 4.11. The minimum absolute atomic E-state index is 0.723. The monoisotopic (exact) mass is 215 g/mol. The zero-order valence-electron chi connectivity index (χ0n) is 8.42. The van der Waals surface area contributed by atoms with Crippen LogP contribution in [0, 0.1) is 11.3 Å². The predicted molar refractivity (Wildman–Crippen MR) is 62.4 cm³/mol. The van der Waals surface area contributed by atoms with Crippen molar-refractivity contribution >= 4 is 17.2 Å². The van der Waals surface area contributed by atoms with Gasteiger partial charge in [0.1, 0.15) is 0 Å². The van der Waals surface area contributed by atoms with E-state index in [1.54, 1.807) is 0 Å². The van der Waals surface area contributed by atoms with Gasteiger partial charge in [-0.2, -0.15) is 5.26 Å². The molecule has 0 radical (unpaired) electrons. The number of allylic oxidation sites excluding steroid dienone is 4. The molecule has 15 heavy (non-hydrogen) atoms. The first-order valence-electron chi connectivity index (χ1n) is 4.77. The second kappa shape index (κ2) is 3.92. The van der Waals surface area contributed by atoms with Crippen molar-refractivity contribution in [2.75, 3.05) is 0 Å². The maximum atomic E-state index is 8.99. The fourth-order valence-corrected chi connectivity index (χ4v) is 1.89. The number of hydrogen-bond acceptors (Lipinski definition) is 1. The van der Waals surface area contributed by atoms with Crippen molar-refractivity contribution in [3.05, 3.63) is 52.1 Å². The minimum Gasteiger partial charge on any atom is -0.192 e. The number of halogens is 1. The number of nitriles is 1. The third-order valence-electron chi connectivity index (χ3n) is 2.48. The minimum atomic E-state index is 0.723. The Labute approximate surface area is 94.3 Å². The number of hydrogen-bond donors (Lipinski definition) is 0. The topological polar surface area (TPSA) is 23.8 Å². The van der Waals surface area contributed by atoms with Crippen molar-refractivity contribution in [2.24, 2.45) is 0 Å². The third-order valence-corrected chi connectivity index (χ3v) is 2.74. The SMILES string of the molecule is CC1=CC(C#N)=C(c2ccc(Cl)cc2)C1. The highest BCUT2D eigenvalue weighted by atomic mass is 35.5. The van der Waals surface area contributed by atoms with E-state index in [0.29, 0.717) is 0 Å². The van der Waals surface area contributed by atoms with Gasteiger partial charge in [-0.15, -0.1) is 0 Å². The van der Waals surface area contributed by atoms with Crippen molar-refractivity contribution in [1.82, 2.24) is 0 Å². The Kier molecular flexibility index (Phi) is 2.62. The predicted octanol–water partition coefficient (Wildman–Crippen LogP) is 3.97. The van der Waals surface area contributed by atoms with Crippen LogP contribution in [0.3, 0.4) is 0 Å². The first-order valence-corrected chi connectivity index (χ1v) is 5.15. The summed E-state index contributed by atoms with van der Waals surface area (Å²) in [5.41, 5.74) is 4.20. The molecular formula is C13H10ClN. The third kappa shape index (κ3) is 1.95. The molecule has 0 bridgehead atoms. The van der Waals surface area contributed by atoms with Gasteiger partial charge in [-0.25, -0.2) is 0 Å². The van der Waals surface area contributed by atoms with E-state index < -0.39 is 0 Å². The molecule has 2 heteroatoms. The Hall–Kier alpha value is -1.52. The van der Waals surface area contributed by atoms with Crippen LogP contribution >= 0.6 is 11.6 Å². The lowest BCUT2D eigenvalue weighted by atomic mass is 10.0. The van der Waals surface area contributed by atoms with Gasteiger partial charge >= 0.3 is 0 Å². The Bertz CT molecular complexity index is 486. The molecule has 1 aliphatic rings. The van der Waals surface area contributed by atoms with Gasteiger partial charge in [0.05, 0.1) is 11.6 Å². The number of nitrogens with zero attached hydrogens (tertiary/aromatic N) is 1. The van der Waals surface area contributed by atoms with Crippen LogP contribution in [0.1, 0.15) is 18.9 Å². The smallest absolute Gasteiger partial charge is 0.0994 e. The van der Waals surface area contributed by atoms with Crippen LogP contribution in [-0.4, -0.2) is 0 Å². The summed E-state index contributed by atoms with van der Waals surface area (Å²) < 4.78 is 0. The molecule has 1 nitrogen and oxygen atoms in total. The van der Waals surface area contributed by atoms with E-state index in [9.17, 15) is 0 Å². The summed E-state index contributed by atoms with van der Waals surface area (Å²) >= 11 is 5.82. The Morgan fingerprint density at radius 2 is 1.93 bits per heavy atom. The van der Waals surface area contributed by atoms with Crippen molar-refractivity contribution in [3.63, 3.8) is 0 Å². The van der Waals surface area contributed by atoms with Crippen LogP contribution in [0.5, 0.6) is 0 Å². The molecule has 0 atom stereocenters. The van der Waals surface area contributed by atoms with Crippen molar-refractivity contribution in [3.8, 4) is 6.07 Å². The van der Waals surface area contributed by atoms with Crippen LogP contribution in [0.2, 0.25) is 5.02 Å². The van der Waals surface area contributed by atoms with Crippen molar-refractivity contribution < 1.29 is 0 Å². The maximum Gasteiger partial charge on any atom is 0.0994 e. The van der Waals surface area contributed by atoms with Gasteiger partial charge in [0, 0.05) is 5.02 Å². The standard InChI is InChI=1S/C13H10ClN/c1-9-6-11(8-15)13(7-9)10-2-4-12(14)5-3-10/h2-6H,7H2,1H3. The van der Waals surface area contributed by atoms with E-state index in [1.807, 2.05) is 37.3 Å². The van der Waals surface area contributed by atoms with Gasteiger partial charge < -0.3 is 0 Å². The number of rotatable bonds is 1. The molecule has 2 rings (SSSR count). The maximum absolute atomic E-state index is 8.99. The zero-order chi connectivity index (χ0) is 10.8. The second-order valence-electron chi connectivity index (χ2n) is 3.68. The summed E-state index contributed by atoms with van der Waals surface area (Å²) in [4.78, 5) is 0. The highest BCUT2D eigenvalue weighted by Gasteiger charge is 2.14. The van der Waals surface area contributed by atoms with Crippen LogP contribution in [0.4, 0.5) is 0 Å². The van der Waals surface area contributed by atoms with E-state index in [1.165, 1.54) is 5.57 Å². The lowest BCUT2D eigenvalue weighted by molar-refractivity contribution is 1.26. The summed E-state index contributed by atoms with van der Waals surface area (Å²) in [6.45, 7) is 2.04.